The number of aromatic amines is 1. The Bertz CT molecular complexity index is 1190. The minimum absolute atomic E-state index is 0.0372. The fourth-order valence-electron chi connectivity index (χ4n) is 3.56. The summed E-state index contributed by atoms with van der Waals surface area (Å²) < 4.78 is 0. The molecule has 0 bridgehead atoms. The van der Waals surface area contributed by atoms with Crippen molar-refractivity contribution in [2.45, 2.75) is 13.8 Å². The van der Waals surface area contributed by atoms with Gasteiger partial charge >= 0.3 is 0 Å². The smallest absolute Gasteiger partial charge is 0.277 e. The number of allylic oxidation sites excluding steroid dienone is 1. The van der Waals surface area contributed by atoms with E-state index >= 15 is 0 Å². The second-order valence-corrected chi connectivity index (χ2v) is 7.03. The minimum atomic E-state index is -0.469. The Hall–Kier alpha value is -3.86. The van der Waals surface area contributed by atoms with Crippen molar-refractivity contribution in [1.29, 1.82) is 0 Å². The number of aromatic nitrogens is 1. The number of nitrogens with one attached hydrogen (secondary N) is 1. The first-order chi connectivity index (χ1) is 14.0. The molecule has 0 fully saturated rings. The number of Topliss-reactive ketones (excluding diaryl/α,β-unsaturated/α-hetero) is 1. The summed E-state index contributed by atoms with van der Waals surface area (Å²) in [6.45, 7) is 3.82. The van der Waals surface area contributed by atoms with Crippen molar-refractivity contribution in [3.63, 3.8) is 0 Å². The van der Waals surface area contributed by atoms with Crippen molar-refractivity contribution in [3.8, 4) is 0 Å². The number of aliphatic hydroxyl groups is 1. The van der Waals surface area contributed by atoms with E-state index in [9.17, 15) is 14.7 Å². The molecule has 2 aromatic carbocycles. The standard InChI is InChI=1S/C24H18N2O3/c1-14-11-15(2)13-17(12-14)24(29)26-21(16-7-9-25-10-8-16)20-22(27)18-5-3-4-6-19(18)23(20)28/h3-13,27H,1-2H3/p+1. The van der Waals surface area contributed by atoms with Crippen molar-refractivity contribution in [3.05, 3.63) is 106 Å². The second kappa shape index (κ2) is 7.28. The summed E-state index contributed by atoms with van der Waals surface area (Å²) in [5, 5.41) is 10.8. The number of fused-ring (bicyclic) bond motifs is 1. The molecule has 2 N–H and O–H groups in total. The Balaban J connectivity index is 1.89. The van der Waals surface area contributed by atoms with Gasteiger partial charge in [-0.2, -0.15) is 0 Å². The number of ketones is 1. The number of aliphatic hydroxyl groups excluding tert-OH is 1. The van der Waals surface area contributed by atoms with Gasteiger partial charge in [-0.05, 0) is 26.0 Å². The van der Waals surface area contributed by atoms with Crippen LogP contribution in [0.5, 0.6) is 0 Å². The molecular formula is C24H19N2O3+. The van der Waals surface area contributed by atoms with Gasteiger partial charge in [-0.1, -0.05) is 41.5 Å². The average Bonchev–Trinajstić information content (AvgIpc) is 2.97. The molecule has 0 atom stereocenters. The maximum Gasteiger partial charge on any atom is 0.277 e. The zero-order valence-electron chi connectivity index (χ0n) is 16.1. The molecule has 0 unspecified atom stereocenters. The molecule has 5 nitrogen and oxygen atoms in total. The van der Waals surface area contributed by atoms with Crippen LogP contribution >= 0.6 is 0 Å². The number of H-pyrrole nitrogens is 1. The maximum absolute atomic E-state index is 13.0. The second-order valence-electron chi connectivity index (χ2n) is 7.03. The molecule has 1 heterocycles. The predicted molar refractivity (Wildman–Crippen MR) is 110 cm³/mol. The van der Waals surface area contributed by atoms with Gasteiger partial charge in [0.15, 0.2) is 18.2 Å². The number of aliphatic imine (C=N–C) groups is 1. The molecule has 1 aliphatic carbocycles. The molecule has 1 aromatic heterocycles. The number of hydrogen-bond acceptors (Lipinski definition) is 3. The zero-order chi connectivity index (χ0) is 20.5. The van der Waals surface area contributed by atoms with E-state index in [1.807, 2.05) is 19.9 Å². The van der Waals surface area contributed by atoms with Crippen molar-refractivity contribution in [2.24, 2.45) is 4.99 Å². The van der Waals surface area contributed by atoms with Gasteiger partial charge in [0.05, 0.1) is 11.3 Å². The van der Waals surface area contributed by atoms with E-state index in [4.69, 9.17) is 0 Å². The molecule has 1 aliphatic rings. The lowest BCUT2D eigenvalue weighted by Crippen LogP contribution is -2.16. The highest BCUT2D eigenvalue weighted by atomic mass is 16.3. The highest BCUT2D eigenvalue weighted by Crippen LogP contribution is 2.33. The minimum Gasteiger partial charge on any atom is -0.506 e. The fraction of sp³-hybridized carbons (Fsp3) is 0.0833. The maximum atomic E-state index is 13.0. The normalized spacial score (nSPS) is 13.6. The van der Waals surface area contributed by atoms with E-state index in [0.29, 0.717) is 22.3 Å². The summed E-state index contributed by atoms with van der Waals surface area (Å²) >= 11 is 0. The highest BCUT2D eigenvalue weighted by molar-refractivity contribution is 6.40. The first-order valence-electron chi connectivity index (χ1n) is 9.21. The van der Waals surface area contributed by atoms with Crippen LogP contribution in [0.4, 0.5) is 0 Å². The average molecular weight is 383 g/mol. The summed E-state index contributed by atoms with van der Waals surface area (Å²) in [6, 6.07) is 15.7. The third-order valence-electron chi connectivity index (χ3n) is 4.80. The van der Waals surface area contributed by atoms with E-state index in [-0.39, 0.29) is 22.8 Å². The number of aryl methyl sites for hydroxylation is 2. The number of benzene rings is 2. The van der Waals surface area contributed by atoms with Gasteiger partial charge in [-0.25, -0.2) is 9.98 Å². The summed E-state index contributed by atoms with van der Waals surface area (Å²) in [5.74, 6) is -0.980. The number of amides is 1. The van der Waals surface area contributed by atoms with Crippen LogP contribution in [0.25, 0.3) is 5.76 Å². The Morgan fingerprint density at radius 1 is 0.897 bits per heavy atom. The molecule has 0 radical (unpaired) electrons. The molecule has 29 heavy (non-hydrogen) atoms. The number of pyridine rings is 1. The Morgan fingerprint density at radius 2 is 1.52 bits per heavy atom. The molecule has 3 aromatic rings. The van der Waals surface area contributed by atoms with Gasteiger partial charge < -0.3 is 5.11 Å². The van der Waals surface area contributed by atoms with Gasteiger partial charge in [-0.15, -0.1) is 0 Å². The molecule has 4 rings (SSSR count). The lowest BCUT2D eigenvalue weighted by molar-refractivity contribution is -0.378. The largest absolute Gasteiger partial charge is 0.506 e. The van der Waals surface area contributed by atoms with E-state index in [1.54, 1.807) is 60.9 Å². The van der Waals surface area contributed by atoms with Crippen LogP contribution in [0.3, 0.4) is 0 Å². The monoisotopic (exact) mass is 383 g/mol. The Labute approximate surface area is 168 Å². The zero-order valence-corrected chi connectivity index (χ0v) is 16.1. The van der Waals surface area contributed by atoms with Crippen LogP contribution in [-0.4, -0.2) is 22.5 Å². The van der Waals surface area contributed by atoms with Crippen molar-refractivity contribution in [1.82, 2.24) is 0 Å². The highest BCUT2D eigenvalue weighted by Gasteiger charge is 2.33. The van der Waals surface area contributed by atoms with Crippen LogP contribution in [0.15, 0.2) is 77.6 Å². The summed E-state index contributed by atoms with van der Waals surface area (Å²) in [4.78, 5) is 33.2. The molecule has 0 saturated heterocycles. The van der Waals surface area contributed by atoms with Crippen LogP contribution in [-0.2, 0) is 0 Å². The van der Waals surface area contributed by atoms with Crippen molar-refractivity contribution < 1.29 is 19.7 Å². The lowest BCUT2D eigenvalue weighted by Gasteiger charge is -2.08. The van der Waals surface area contributed by atoms with Crippen LogP contribution in [0.1, 0.15) is 43.0 Å². The SMILES string of the molecule is Cc1cc(C)cc(C(=O)N=C(C2=C(O)c3ccccc3C2=O)c2cc[nH+]cc2)c1. The molecule has 0 aliphatic heterocycles. The van der Waals surface area contributed by atoms with Gasteiger partial charge in [0, 0.05) is 34.4 Å². The van der Waals surface area contributed by atoms with Crippen LogP contribution in [0.2, 0.25) is 0 Å². The van der Waals surface area contributed by atoms with Gasteiger partial charge in [0.2, 0.25) is 0 Å². The first kappa shape index (κ1) is 18.5. The molecule has 142 valence electrons. The Kier molecular flexibility index (Phi) is 4.64. The first-order valence-corrected chi connectivity index (χ1v) is 9.21. The molecular weight excluding hydrogens is 364 g/mol. The molecule has 0 saturated carbocycles. The predicted octanol–water partition coefficient (Wildman–Crippen LogP) is 3.91. The van der Waals surface area contributed by atoms with Gasteiger partial charge in [-0.3, -0.25) is 9.59 Å². The number of rotatable bonds is 3. The summed E-state index contributed by atoms with van der Waals surface area (Å²) in [7, 11) is 0. The van der Waals surface area contributed by atoms with E-state index in [1.165, 1.54) is 0 Å². The fourth-order valence-corrected chi connectivity index (χ4v) is 3.56. The lowest BCUT2D eigenvalue weighted by atomic mass is 9.99. The van der Waals surface area contributed by atoms with Gasteiger partial charge in [0.25, 0.3) is 5.91 Å². The number of nitrogens with zero attached hydrogens (tertiary/aromatic N) is 1. The molecule has 0 spiro atoms. The third kappa shape index (κ3) is 3.38. The number of carbonyl (C=O) groups is 2. The van der Waals surface area contributed by atoms with Gasteiger partial charge in [0.1, 0.15) is 5.76 Å². The molecule has 1 amide bonds. The quantitative estimate of drug-likeness (QED) is 0.696. The van der Waals surface area contributed by atoms with E-state index in [2.05, 4.69) is 9.98 Å². The van der Waals surface area contributed by atoms with Crippen molar-refractivity contribution >= 4 is 23.2 Å². The number of hydrogen-bond donors (Lipinski definition) is 1. The van der Waals surface area contributed by atoms with Crippen LogP contribution < -0.4 is 4.98 Å². The molecule has 5 heteroatoms. The Morgan fingerprint density at radius 3 is 2.14 bits per heavy atom. The number of carbonyl (C=O) groups excluding carboxylic acids is 2. The van der Waals surface area contributed by atoms with E-state index in [0.717, 1.165) is 11.1 Å². The topological polar surface area (TPSA) is 80.9 Å². The summed E-state index contributed by atoms with van der Waals surface area (Å²) in [6.07, 6.45) is 3.35. The van der Waals surface area contributed by atoms with E-state index < -0.39 is 5.91 Å². The van der Waals surface area contributed by atoms with Crippen molar-refractivity contribution in [2.75, 3.05) is 0 Å². The summed E-state index contributed by atoms with van der Waals surface area (Å²) in [5.41, 5.74) is 3.93. The van der Waals surface area contributed by atoms with Crippen LogP contribution in [0, 0.1) is 13.8 Å². The third-order valence-corrected chi connectivity index (χ3v) is 4.80.